The Morgan fingerprint density at radius 3 is 2.24 bits per heavy atom. The standard InChI is InChI=1S/C14H13O2P/c1-10-6-2-4-8-12(10)17-13-9-5-3-7-11(13)14(15)16/h2-9,17H,1H3,(H,15,16). The second kappa shape index (κ2) is 5.11. The number of aryl methyl sites for hydroxylation is 1. The normalized spacial score (nSPS) is 10.9. The lowest BCUT2D eigenvalue weighted by Gasteiger charge is -2.08. The Morgan fingerprint density at radius 2 is 1.59 bits per heavy atom. The smallest absolute Gasteiger partial charge is 0.336 e. The van der Waals surface area contributed by atoms with Crippen molar-refractivity contribution in [2.45, 2.75) is 6.92 Å². The van der Waals surface area contributed by atoms with Crippen LogP contribution in [-0.4, -0.2) is 11.1 Å². The molecule has 0 saturated carbocycles. The average molecular weight is 244 g/mol. The highest BCUT2D eigenvalue weighted by atomic mass is 31.1. The minimum absolute atomic E-state index is 0.386. The molecule has 3 heteroatoms. The minimum Gasteiger partial charge on any atom is -0.478 e. The Labute approximate surface area is 102 Å². The van der Waals surface area contributed by atoms with E-state index < -0.39 is 5.97 Å². The van der Waals surface area contributed by atoms with Gasteiger partial charge in [0.05, 0.1) is 5.56 Å². The monoisotopic (exact) mass is 244 g/mol. The zero-order valence-corrected chi connectivity index (χ0v) is 10.5. The first-order valence-electron chi connectivity index (χ1n) is 5.33. The second-order valence-electron chi connectivity index (χ2n) is 3.79. The molecule has 2 rings (SSSR count). The van der Waals surface area contributed by atoms with Crippen molar-refractivity contribution in [1.82, 2.24) is 0 Å². The molecule has 0 aliphatic heterocycles. The highest BCUT2D eigenvalue weighted by molar-refractivity contribution is 7.55. The highest BCUT2D eigenvalue weighted by Crippen LogP contribution is 2.15. The van der Waals surface area contributed by atoms with Gasteiger partial charge < -0.3 is 5.11 Å². The number of hydrogen-bond donors (Lipinski definition) is 1. The summed E-state index contributed by atoms with van der Waals surface area (Å²) in [5.41, 5.74) is 1.60. The van der Waals surface area contributed by atoms with Gasteiger partial charge in [-0.15, -0.1) is 0 Å². The summed E-state index contributed by atoms with van der Waals surface area (Å²) in [5.74, 6) is -0.860. The van der Waals surface area contributed by atoms with Crippen molar-refractivity contribution in [3.63, 3.8) is 0 Å². The van der Waals surface area contributed by atoms with Gasteiger partial charge in [-0.05, 0) is 29.2 Å². The van der Waals surface area contributed by atoms with Gasteiger partial charge in [0.1, 0.15) is 0 Å². The van der Waals surface area contributed by atoms with Gasteiger partial charge in [0.2, 0.25) is 0 Å². The van der Waals surface area contributed by atoms with Crippen molar-refractivity contribution < 1.29 is 9.90 Å². The van der Waals surface area contributed by atoms with Crippen LogP contribution in [0.5, 0.6) is 0 Å². The Morgan fingerprint density at radius 1 is 1.00 bits per heavy atom. The number of hydrogen-bond acceptors (Lipinski definition) is 1. The fraction of sp³-hybridized carbons (Fsp3) is 0.0714. The van der Waals surface area contributed by atoms with E-state index in [4.69, 9.17) is 5.11 Å². The molecule has 0 heterocycles. The van der Waals surface area contributed by atoms with Crippen molar-refractivity contribution in [3.8, 4) is 0 Å². The Kier molecular flexibility index (Phi) is 3.55. The fourth-order valence-corrected chi connectivity index (χ4v) is 2.89. The summed E-state index contributed by atoms with van der Waals surface area (Å²) < 4.78 is 0. The Bertz CT molecular complexity index is 549. The molecule has 0 aliphatic rings. The first kappa shape index (κ1) is 11.8. The van der Waals surface area contributed by atoms with Crippen LogP contribution in [0.4, 0.5) is 0 Å². The fourth-order valence-electron chi connectivity index (χ4n) is 1.64. The lowest BCUT2D eigenvalue weighted by atomic mass is 10.2. The zero-order valence-electron chi connectivity index (χ0n) is 9.47. The molecule has 0 spiro atoms. The molecule has 0 bridgehead atoms. The lowest BCUT2D eigenvalue weighted by molar-refractivity contribution is 0.0698. The lowest BCUT2D eigenvalue weighted by Crippen LogP contribution is -2.14. The summed E-state index contributed by atoms with van der Waals surface area (Å²) in [6.07, 6.45) is 0. The summed E-state index contributed by atoms with van der Waals surface area (Å²) in [5, 5.41) is 11.2. The van der Waals surface area contributed by atoms with Gasteiger partial charge >= 0.3 is 5.97 Å². The van der Waals surface area contributed by atoms with E-state index in [1.807, 2.05) is 43.3 Å². The second-order valence-corrected chi connectivity index (χ2v) is 5.12. The maximum absolute atomic E-state index is 11.1. The SMILES string of the molecule is Cc1ccccc1Pc1ccccc1C(=O)O. The van der Waals surface area contributed by atoms with Gasteiger partial charge in [0.25, 0.3) is 0 Å². The molecule has 0 aromatic heterocycles. The number of aromatic carboxylic acids is 1. The third kappa shape index (κ3) is 2.72. The van der Waals surface area contributed by atoms with E-state index in [-0.39, 0.29) is 0 Å². The van der Waals surface area contributed by atoms with Gasteiger partial charge in [-0.1, -0.05) is 51.0 Å². The molecule has 1 N–H and O–H groups in total. The molecule has 86 valence electrons. The van der Waals surface area contributed by atoms with E-state index in [9.17, 15) is 4.79 Å². The molecule has 0 saturated heterocycles. The quantitative estimate of drug-likeness (QED) is 0.841. The predicted octanol–water partition coefficient (Wildman–Crippen LogP) is 2.32. The maximum Gasteiger partial charge on any atom is 0.336 e. The number of benzene rings is 2. The molecule has 17 heavy (non-hydrogen) atoms. The topological polar surface area (TPSA) is 37.3 Å². The van der Waals surface area contributed by atoms with Crippen LogP contribution in [-0.2, 0) is 0 Å². The molecular formula is C14H13O2P. The van der Waals surface area contributed by atoms with Crippen LogP contribution in [0.1, 0.15) is 15.9 Å². The Balaban J connectivity index is 2.37. The number of rotatable bonds is 3. The van der Waals surface area contributed by atoms with Crippen LogP contribution in [0.3, 0.4) is 0 Å². The van der Waals surface area contributed by atoms with Crippen molar-refractivity contribution in [2.24, 2.45) is 0 Å². The zero-order chi connectivity index (χ0) is 12.3. The minimum atomic E-state index is -0.860. The van der Waals surface area contributed by atoms with Gasteiger partial charge in [-0.2, -0.15) is 0 Å². The molecule has 0 radical (unpaired) electrons. The van der Waals surface area contributed by atoms with Crippen LogP contribution in [0.15, 0.2) is 48.5 Å². The van der Waals surface area contributed by atoms with E-state index >= 15 is 0 Å². The van der Waals surface area contributed by atoms with Gasteiger partial charge in [0, 0.05) is 0 Å². The van der Waals surface area contributed by atoms with Gasteiger partial charge in [0.15, 0.2) is 0 Å². The average Bonchev–Trinajstić information content (AvgIpc) is 2.32. The van der Waals surface area contributed by atoms with Crippen LogP contribution in [0.2, 0.25) is 0 Å². The third-order valence-electron chi connectivity index (χ3n) is 2.57. The summed E-state index contributed by atoms with van der Waals surface area (Å²) >= 11 is 0. The van der Waals surface area contributed by atoms with Gasteiger partial charge in [-0.3, -0.25) is 0 Å². The maximum atomic E-state index is 11.1. The summed E-state index contributed by atoms with van der Waals surface area (Å²) in [6.45, 7) is 2.05. The third-order valence-corrected chi connectivity index (χ3v) is 4.11. The largest absolute Gasteiger partial charge is 0.478 e. The molecule has 2 aromatic rings. The molecular weight excluding hydrogens is 231 g/mol. The van der Waals surface area contributed by atoms with E-state index in [0.29, 0.717) is 14.1 Å². The highest BCUT2D eigenvalue weighted by Gasteiger charge is 2.09. The summed E-state index contributed by atoms with van der Waals surface area (Å²) in [6, 6.07) is 15.3. The van der Waals surface area contributed by atoms with Crippen LogP contribution >= 0.6 is 8.58 Å². The van der Waals surface area contributed by atoms with Crippen LogP contribution in [0.25, 0.3) is 0 Å². The molecule has 0 fully saturated rings. The molecule has 1 unspecified atom stereocenters. The molecule has 2 aromatic carbocycles. The van der Waals surface area contributed by atoms with Crippen molar-refractivity contribution in [1.29, 1.82) is 0 Å². The van der Waals surface area contributed by atoms with E-state index in [2.05, 4.69) is 0 Å². The molecule has 2 nitrogen and oxygen atoms in total. The molecule has 0 aliphatic carbocycles. The van der Waals surface area contributed by atoms with Crippen LogP contribution in [0, 0.1) is 6.92 Å². The van der Waals surface area contributed by atoms with Crippen molar-refractivity contribution >= 4 is 25.2 Å². The first-order valence-corrected chi connectivity index (χ1v) is 6.33. The molecule has 1 atom stereocenters. The van der Waals surface area contributed by atoms with E-state index in [1.165, 1.54) is 10.9 Å². The van der Waals surface area contributed by atoms with Crippen molar-refractivity contribution in [3.05, 3.63) is 59.7 Å². The van der Waals surface area contributed by atoms with Crippen LogP contribution < -0.4 is 10.6 Å². The predicted molar refractivity (Wildman–Crippen MR) is 72.2 cm³/mol. The number of carboxylic acids is 1. The summed E-state index contributed by atoms with van der Waals surface area (Å²) in [4.78, 5) is 11.1. The molecule has 0 amide bonds. The first-order chi connectivity index (χ1) is 8.18. The van der Waals surface area contributed by atoms with E-state index in [0.717, 1.165) is 5.30 Å². The van der Waals surface area contributed by atoms with E-state index in [1.54, 1.807) is 12.1 Å². The van der Waals surface area contributed by atoms with Crippen molar-refractivity contribution in [2.75, 3.05) is 0 Å². The summed E-state index contributed by atoms with van der Waals surface area (Å²) in [7, 11) is 0.386. The number of carboxylic acid groups (broad SMARTS) is 1. The van der Waals surface area contributed by atoms with Gasteiger partial charge in [-0.25, -0.2) is 4.79 Å². The number of carbonyl (C=O) groups is 1. The Hall–Kier alpha value is -1.66.